The Morgan fingerprint density at radius 3 is 2.84 bits per heavy atom. The maximum absolute atomic E-state index is 11.9. The second-order valence-electron chi connectivity index (χ2n) is 4.45. The Morgan fingerprint density at radius 1 is 1.58 bits per heavy atom. The molecule has 1 N–H and O–H groups in total. The first-order valence-corrected chi connectivity index (χ1v) is 6.52. The van der Waals surface area contributed by atoms with Crippen LogP contribution in [0, 0.1) is 5.92 Å². The maximum atomic E-state index is 11.9. The molecule has 6 heteroatoms. The van der Waals surface area contributed by atoms with Crippen molar-refractivity contribution in [3.05, 3.63) is 23.8 Å². The van der Waals surface area contributed by atoms with Crippen molar-refractivity contribution >= 4 is 30.2 Å². The van der Waals surface area contributed by atoms with Crippen LogP contribution in [0.5, 0.6) is 5.75 Å². The predicted molar refractivity (Wildman–Crippen MR) is 74.3 cm³/mol. The summed E-state index contributed by atoms with van der Waals surface area (Å²) in [5.41, 5.74) is 0.648. The lowest BCUT2D eigenvalue weighted by atomic mass is 10.1. The number of hydrogen-bond acceptors (Lipinski definition) is 4. The van der Waals surface area contributed by atoms with Gasteiger partial charge < -0.3 is 14.7 Å². The van der Waals surface area contributed by atoms with E-state index in [4.69, 9.17) is 9.84 Å². The molecule has 2 rings (SSSR count). The first-order valence-electron chi connectivity index (χ1n) is 5.89. The highest BCUT2D eigenvalue weighted by atomic mass is 32.1. The minimum Gasteiger partial charge on any atom is -0.496 e. The van der Waals surface area contributed by atoms with Crippen molar-refractivity contribution in [1.82, 2.24) is 0 Å². The molecule has 1 amide bonds. The second-order valence-corrected chi connectivity index (χ2v) is 4.81. The Morgan fingerprint density at radius 2 is 2.32 bits per heavy atom. The average molecular weight is 281 g/mol. The van der Waals surface area contributed by atoms with Crippen LogP contribution in [0.4, 0.5) is 5.69 Å². The molecule has 1 aliphatic rings. The minimum absolute atomic E-state index is 0.000514. The number of aromatic carboxylic acids is 1. The number of carbonyl (C=O) groups excluding carboxylic acids is 1. The fourth-order valence-electron chi connectivity index (χ4n) is 2.18. The number of methoxy groups -OCH3 is 1. The van der Waals surface area contributed by atoms with Crippen LogP contribution >= 0.6 is 12.6 Å². The molecule has 102 valence electrons. The zero-order valence-corrected chi connectivity index (χ0v) is 11.4. The number of benzene rings is 1. The van der Waals surface area contributed by atoms with E-state index in [1.54, 1.807) is 17.0 Å². The van der Waals surface area contributed by atoms with Gasteiger partial charge in [-0.2, -0.15) is 12.6 Å². The van der Waals surface area contributed by atoms with Crippen LogP contribution in [0.1, 0.15) is 16.8 Å². The van der Waals surface area contributed by atoms with E-state index in [1.807, 2.05) is 0 Å². The van der Waals surface area contributed by atoms with Gasteiger partial charge in [-0.3, -0.25) is 4.79 Å². The van der Waals surface area contributed by atoms with Gasteiger partial charge in [-0.05, 0) is 29.9 Å². The lowest BCUT2D eigenvalue weighted by molar-refractivity contribution is -0.117. The van der Waals surface area contributed by atoms with Crippen molar-refractivity contribution in [3.8, 4) is 5.75 Å². The molecule has 0 spiro atoms. The van der Waals surface area contributed by atoms with Gasteiger partial charge in [-0.25, -0.2) is 4.79 Å². The molecule has 1 aromatic carbocycles. The molecule has 1 atom stereocenters. The van der Waals surface area contributed by atoms with Crippen molar-refractivity contribution in [1.29, 1.82) is 0 Å². The summed E-state index contributed by atoms with van der Waals surface area (Å²) in [6, 6.07) is 4.74. The Bertz CT molecular complexity index is 517. The summed E-state index contributed by atoms with van der Waals surface area (Å²) in [6.07, 6.45) is 0.456. The third-order valence-electron chi connectivity index (χ3n) is 3.19. The normalized spacial score (nSPS) is 18.7. The lowest BCUT2D eigenvalue weighted by Gasteiger charge is -2.18. The SMILES string of the molecule is COc1ccc(N2CC(CS)CC2=O)cc1C(=O)O. The summed E-state index contributed by atoms with van der Waals surface area (Å²) in [5.74, 6) is 0.0704. The molecular formula is C13H15NO4S. The number of anilines is 1. The number of hydrogen-bond donors (Lipinski definition) is 2. The Kier molecular flexibility index (Phi) is 3.99. The van der Waals surface area contributed by atoms with Crippen LogP contribution in [0.3, 0.4) is 0 Å². The fraction of sp³-hybridized carbons (Fsp3) is 0.385. The zero-order valence-electron chi connectivity index (χ0n) is 10.5. The molecule has 1 aromatic rings. The van der Waals surface area contributed by atoms with Gasteiger partial charge in [0, 0.05) is 18.7 Å². The summed E-state index contributed by atoms with van der Waals surface area (Å²) >= 11 is 4.20. The van der Waals surface area contributed by atoms with Crippen LogP contribution in [0.15, 0.2) is 18.2 Å². The molecule has 1 saturated heterocycles. The minimum atomic E-state index is -1.07. The molecule has 0 bridgehead atoms. The summed E-state index contributed by atoms with van der Waals surface area (Å²) in [4.78, 5) is 24.7. The lowest BCUT2D eigenvalue weighted by Crippen LogP contribution is -2.25. The van der Waals surface area contributed by atoms with Gasteiger partial charge in [-0.15, -0.1) is 0 Å². The number of carboxylic acid groups (broad SMARTS) is 1. The van der Waals surface area contributed by atoms with Gasteiger partial charge >= 0.3 is 5.97 Å². The summed E-state index contributed by atoms with van der Waals surface area (Å²) in [7, 11) is 1.42. The van der Waals surface area contributed by atoms with Crippen LogP contribution < -0.4 is 9.64 Å². The molecular weight excluding hydrogens is 266 g/mol. The number of amides is 1. The van der Waals surface area contributed by atoms with Crippen LogP contribution in [-0.2, 0) is 4.79 Å². The first kappa shape index (κ1) is 13.7. The van der Waals surface area contributed by atoms with E-state index >= 15 is 0 Å². The third kappa shape index (κ3) is 2.68. The Balaban J connectivity index is 2.33. The van der Waals surface area contributed by atoms with Crippen LogP contribution in [0.25, 0.3) is 0 Å². The van der Waals surface area contributed by atoms with Gasteiger partial charge in [0.15, 0.2) is 0 Å². The second kappa shape index (κ2) is 5.52. The zero-order chi connectivity index (χ0) is 14.0. The molecule has 1 unspecified atom stereocenters. The maximum Gasteiger partial charge on any atom is 0.339 e. The van der Waals surface area contributed by atoms with Crippen molar-refractivity contribution in [2.24, 2.45) is 5.92 Å². The van der Waals surface area contributed by atoms with Gasteiger partial charge in [0.25, 0.3) is 0 Å². The molecule has 0 aliphatic carbocycles. The highest BCUT2D eigenvalue weighted by Gasteiger charge is 2.30. The number of carbonyl (C=O) groups is 2. The highest BCUT2D eigenvalue weighted by Crippen LogP contribution is 2.29. The summed E-state index contributed by atoms with van der Waals surface area (Å²) < 4.78 is 5.00. The summed E-state index contributed by atoms with van der Waals surface area (Å²) in [5, 5.41) is 9.13. The molecule has 1 heterocycles. The molecule has 19 heavy (non-hydrogen) atoms. The van der Waals surface area contributed by atoms with E-state index in [0.29, 0.717) is 24.4 Å². The number of rotatable bonds is 4. The fourth-order valence-corrected chi connectivity index (χ4v) is 2.43. The third-order valence-corrected chi connectivity index (χ3v) is 3.70. The van der Waals surface area contributed by atoms with E-state index in [1.165, 1.54) is 13.2 Å². The van der Waals surface area contributed by atoms with Crippen molar-refractivity contribution in [2.45, 2.75) is 6.42 Å². The number of nitrogens with zero attached hydrogens (tertiary/aromatic N) is 1. The van der Waals surface area contributed by atoms with Crippen LogP contribution in [-0.4, -0.2) is 36.4 Å². The quantitative estimate of drug-likeness (QED) is 0.824. The number of carboxylic acids is 1. The van der Waals surface area contributed by atoms with E-state index < -0.39 is 5.97 Å². The molecule has 0 aromatic heterocycles. The molecule has 5 nitrogen and oxygen atoms in total. The average Bonchev–Trinajstić information content (AvgIpc) is 2.79. The van der Waals surface area contributed by atoms with Gasteiger partial charge in [-0.1, -0.05) is 0 Å². The van der Waals surface area contributed by atoms with Crippen molar-refractivity contribution in [3.63, 3.8) is 0 Å². The van der Waals surface area contributed by atoms with Gasteiger partial charge in [0.2, 0.25) is 5.91 Å². The van der Waals surface area contributed by atoms with Crippen molar-refractivity contribution in [2.75, 3.05) is 24.3 Å². The first-order chi connectivity index (χ1) is 9.06. The van der Waals surface area contributed by atoms with Crippen molar-refractivity contribution < 1.29 is 19.4 Å². The molecule has 1 fully saturated rings. The molecule has 0 radical (unpaired) electrons. The van der Waals surface area contributed by atoms with E-state index in [-0.39, 0.29) is 23.1 Å². The largest absolute Gasteiger partial charge is 0.496 e. The summed E-state index contributed by atoms with van der Waals surface area (Å²) in [6.45, 7) is 0.577. The van der Waals surface area contributed by atoms with Crippen LogP contribution in [0.2, 0.25) is 0 Å². The standard InChI is InChI=1S/C13H15NO4S/c1-18-11-3-2-9(5-10(11)13(16)17)14-6-8(7-19)4-12(14)15/h2-3,5,8,19H,4,6-7H2,1H3,(H,16,17). The van der Waals surface area contributed by atoms with Gasteiger partial charge in [0.1, 0.15) is 11.3 Å². The smallest absolute Gasteiger partial charge is 0.339 e. The van der Waals surface area contributed by atoms with Gasteiger partial charge in [0.05, 0.1) is 7.11 Å². The predicted octanol–water partition coefficient (Wildman–Crippen LogP) is 1.68. The number of thiol groups is 1. The van der Waals surface area contributed by atoms with E-state index in [2.05, 4.69) is 12.6 Å². The Labute approximate surface area is 116 Å². The molecule has 1 aliphatic heterocycles. The topological polar surface area (TPSA) is 66.8 Å². The van der Waals surface area contributed by atoms with E-state index in [9.17, 15) is 9.59 Å². The monoisotopic (exact) mass is 281 g/mol. The molecule has 0 saturated carbocycles. The number of ether oxygens (including phenoxy) is 1. The van der Waals surface area contributed by atoms with E-state index in [0.717, 1.165) is 0 Å². The Hall–Kier alpha value is -1.69. The highest BCUT2D eigenvalue weighted by molar-refractivity contribution is 7.80.